The molecule has 100 valence electrons. The molecule has 1 atom stereocenters. The highest BCUT2D eigenvalue weighted by Gasteiger charge is 2.16. The molecule has 2 nitrogen and oxygen atoms in total. The normalized spacial score (nSPS) is 20.3. The molecule has 1 aromatic carbocycles. The van der Waals surface area contributed by atoms with Crippen LogP contribution < -0.4 is 5.32 Å². The zero-order valence-corrected chi connectivity index (χ0v) is 11.2. The fraction of sp³-hybridized carbons (Fsp3) is 0.600. The van der Waals surface area contributed by atoms with Crippen molar-refractivity contribution in [1.29, 1.82) is 0 Å². The van der Waals surface area contributed by atoms with Crippen LogP contribution in [0.25, 0.3) is 0 Å². The van der Waals surface area contributed by atoms with Crippen LogP contribution in [0.5, 0.6) is 0 Å². The van der Waals surface area contributed by atoms with Crippen LogP contribution in [0, 0.1) is 5.82 Å². The minimum Gasteiger partial charge on any atom is -0.313 e. The molecule has 1 aromatic rings. The Labute approximate surface area is 109 Å². The van der Waals surface area contributed by atoms with Crippen LogP contribution in [0.4, 0.5) is 4.39 Å². The number of hydrogen-bond donors (Lipinski definition) is 1. The SMILES string of the molecule is CCN(Cc1ccccc1F)CC1CCCCN1. The van der Waals surface area contributed by atoms with E-state index in [1.54, 1.807) is 12.1 Å². The van der Waals surface area contributed by atoms with Crippen LogP contribution in [0.2, 0.25) is 0 Å². The Kier molecular flexibility index (Phi) is 5.14. The van der Waals surface area contributed by atoms with Crippen molar-refractivity contribution in [1.82, 2.24) is 10.2 Å². The molecule has 0 saturated carbocycles. The fourth-order valence-electron chi connectivity index (χ4n) is 2.56. The molecule has 1 aliphatic heterocycles. The molecule has 0 aliphatic carbocycles. The van der Waals surface area contributed by atoms with Crippen molar-refractivity contribution in [2.24, 2.45) is 0 Å². The summed E-state index contributed by atoms with van der Waals surface area (Å²) >= 11 is 0. The summed E-state index contributed by atoms with van der Waals surface area (Å²) in [6, 6.07) is 7.66. The second-order valence-electron chi connectivity index (χ2n) is 5.07. The number of rotatable bonds is 5. The quantitative estimate of drug-likeness (QED) is 0.864. The van der Waals surface area contributed by atoms with Gasteiger partial charge in [-0.2, -0.15) is 0 Å². The summed E-state index contributed by atoms with van der Waals surface area (Å²) in [7, 11) is 0. The van der Waals surface area contributed by atoms with Gasteiger partial charge in [0.1, 0.15) is 5.82 Å². The molecule has 2 rings (SSSR count). The van der Waals surface area contributed by atoms with E-state index in [0.717, 1.165) is 25.2 Å². The van der Waals surface area contributed by atoms with Crippen molar-refractivity contribution in [2.45, 2.75) is 38.8 Å². The monoisotopic (exact) mass is 250 g/mol. The second-order valence-corrected chi connectivity index (χ2v) is 5.07. The number of nitrogens with one attached hydrogen (secondary N) is 1. The Balaban J connectivity index is 1.90. The summed E-state index contributed by atoms with van der Waals surface area (Å²) in [5.41, 5.74) is 0.801. The lowest BCUT2D eigenvalue weighted by Crippen LogP contribution is -2.43. The molecule has 1 unspecified atom stereocenters. The minimum atomic E-state index is -0.0902. The van der Waals surface area contributed by atoms with E-state index < -0.39 is 0 Å². The highest BCUT2D eigenvalue weighted by Crippen LogP contribution is 2.13. The molecule has 0 spiro atoms. The van der Waals surface area contributed by atoms with Gasteiger partial charge in [0.15, 0.2) is 0 Å². The first-order valence-electron chi connectivity index (χ1n) is 6.98. The zero-order chi connectivity index (χ0) is 12.8. The maximum Gasteiger partial charge on any atom is 0.127 e. The summed E-state index contributed by atoms with van der Waals surface area (Å²) in [6.45, 7) is 5.96. The molecule has 1 fully saturated rings. The smallest absolute Gasteiger partial charge is 0.127 e. The van der Waals surface area contributed by atoms with Crippen molar-refractivity contribution in [3.8, 4) is 0 Å². The lowest BCUT2D eigenvalue weighted by molar-refractivity contribution is 0.224. The van der Waals surface area contributed by atoms with Crippen molar-refractivity contribution in [2.75, 3.05) is 19.6 Å². The first-order valence-corrected chi connectivity index (χ1v) is 6.98. The molecule has 0 aromatic heterocycles. The molecule has 0 radical (unpaired) electrons. The predicted octanol–water partition coefficient (Wildman–Crippen LogP) is 2.79. The molecule has 0 bridgehead atoms. The van der Waals surface area contributed by atoms with Gasteiger partial charge in [-0.25, -0.2) is 4.39 Å². The Hall–Kier alpha value is -0.930. The second kappa shape index (κ2) is 6.86. The van der Waals surface area contributed by atoms with Gasteiger partial charge < -0.3 is 5.32 Å². The van der Waals surface area contributed by atoms with Gasteiger partial charge in [-0.1, -0.05) is 31.5 Å². The molecule has 0 amide bonds. The van der Waals surface area contributed by atoms with Gasteiger partial charge in [0.25, 0.3) is 0 Å². The summed E-state index contributed by atoms with van der Waals surface area (Å²) in [5, 5.41) is 3.55. The molecule has 1 N–H and O–H groups in total. The van der Waals surface area contributed by atoms with E-state index >= 15 is 0 Å². The third-order valence-corrected chi connectivity index (χ3v) is 3.69. The van der Waals surface area contributed by atoms with E-state index in [2.05, 4.69) is 17.1 Å². The van der Waals surface area contributed by atoms with Gasteiger partial charge >= 0.3 is 0 Å². The van der Waals surface area contributed by atoms with Crippen LogP contribution in [-0.4, -0.2) is 30.6 Å². The lowest BCUT2D eigenvalue weighted by atomic mass is 10.0. The maximum absolute atomic E-state index is 13.6. The molecule has 18 heavy (non-hydrogen) atoms. The van der Waals surface area contributed by atoms with Crippen LogP contribution in [0.3, 0.4) is 0 Å². The van der Waals surface area contributed by atoms with Gasteiger partial charge in [0, 0.05) is 24.7 Å². The molecule has 1 aliphatic rings. The molecule has 1 saturated heterocycles. The van der Waals surface area contributed by atoms with E-state index in [9.17, 15) is 4.39 Å². The first-order chi connectivity index (χ1) is 8.79. The Morgan fingerprint density at radius 2 is 2.17 bits per heavy atom. The van der Waals surface area contributed by atoms with E-state index in [-0.39, 0.29) is 5.82 Å². The van der Waals surface area contributed by atoms with E-state index in [4.69, 9.17) is 0 Å². The maximum atomic E-state index is 13.6. The van der Waals surface area contributed by atoms with Crippen molar-refractivity contribution < 1.29 is 4.39 Å². The highest BCUT2D eigenvalue weighted by atomic mass is 19.1. The number of piperidine rings is 1. The van der Waals surface area contributed by atoms with Crippen molar-refractivity contribution in [3.63, 3.8) is 0 Å². The van der Waals surface area contributed by atoms with Crippen LogP contribution in [-0.2, 0) is 6.54 Å². The summed E-state index contributed by atoms with van der Waals surface area (Å²) in [6.07, 6.45) is 3.85. The average Bonchev–Trinajstić information content (AvgIpc) is 2.41. The minimum absolute atomic E-state index is 0.0902. The van der Waals surface area contributed by atoms with Crippen LogP contribution >= 0.6 is 0 Å². The zero-order valence-electron chi connectivity index (χ0n) is 11.2. The molecule has 3 heteroatoms. The third-order valence-electron chi connectivity index (χ3n) is 3.69. The topological polar surface area (TPSA) is 15.3 Å². The van der Waals surface area contributed by atoms with E-state index in [1.165, 1.54) is 19.3 Å². The highest BCUT2D eigenvalue weighted by molar-refractivity contribution is 5.17. The number of hydrogen-bond acceptors (Lipinski definition) is 2. The van der Waals surface area contributed by atoms with Gasteiger partial charge in [0.2, 0.25) is 0 Å². The summed E-state index contributed by atoms with van der Waals surface area (Å²) in [4.78, 5) is 2.32. The van der Waals surface area contributed by atoms with Crippen LogP contribution in [0.1, 0.15) is 31.7 Å². The largest absolute Gasteiger partial charge is 0.313 e. The van der Waals surface area contributed by atoms with Crippen molar-refractivity contribution >= 4 is 0 Å². The Bertz CT molecular complexity index is 361. The predicted molar refractivity (Wildman–Crippen MR) is 73.0 cm³/mol. The number of nitrogens with zero attached hydrogens (tertiary/aromatic N) is 1. The number of halogens is 1. The van der Waals surface area contributed by atoms with Gasteiger partial charge in [-0.15, -0.1) is 0 Å². The Morgan fingerprint density at radius 3 is 2.83 bits per heavy atom. The van der Waals surface area contributed by atoms with Gasteiger partial charge in [0.05, 0.1) is 0 Å². The molecule has 1 heterocycles. The third kappa shape index (κ3) is 3.79. The standard InChI is InChI=1S/C15H23FN2/c1-2-18(12-14-8-5-6-10-17-14)11-13-7-3-4-9-15(13)16/h3-4,7,9,14,17H,2,5-6,8,10-12H2,1H3. The fourth-order valence-corrected chi connectivity index (χ4v) is 2.56. The molecular weight excluding hydrogens is 227 g/mol. The average molecular weight is 250 g/mol. The molecular formula is C15H23FN2. The summed E-state index contributed by atoms with van der Waals surface area (Å²) < 4.78 is 13.6. The summed E-state index contributed by atoms with van der Waals surface area (Å²) in [5.74, 6) is -0.0902. The van der Waals surface area contributed by atoms with E-state index in [0.29, 0.717) is 12.6 Å². The Morgan fingerprint density at radius 1 is 1.33 bits per heavy atom. The van der Waals surface area contributed by atoms with Crippen molar-refractivity contribution in [3.05, 3.63) is 35.6 Å². The number of likely N-dealkylation sites (N-methyl/N-ethyl adjacent to an activating group) is 1. The van der Waals surface area contributed by atoms with E-state index in [1.807, 2.05) is 12.1 Å². The lowest BCUT2D eigenvalue weighted by Gasteiger charge is -2.30. The van der Waals surface area contributed by atoms with Gasteiger partial charge in [-0.3, -0.25) is 4.90 Å². The first kappa shape index (κ1) is 13.5. The van der Waals surface area contributed by atoms with Gasteiger partial charge in [-0.05, 0) is 32.0 Å². The number of benzene rings is 1. The van der Waals surface area contributed by atoms with Crippen LogP contribution in [0.15, 0.2) is 24.3 Å².